The van der Waals surface area contributed by atoms with E-state index in [2.05, 4.69) is 0 Å². The predicted octanol–water partition coefficient (Wildman–Crippen LogP) is -9.87. The number of hydrogen-bond donors (Lipinski definition) is 0. The van der Waals surface area contributed by atoms with Crippen LogP contribution < -0.4 is 49.6 Å². The van der Waals surface area contributed by atoms with Crippen LogP contribution in [0.5, 0.6) is 0 Å². The van der Waals surface area contributed by atoms with Crippen molar-refractivity contribution in [1.82, 2.24) is 0 Å². The molecule has 0 fully saturated rings. The van der Waals surface area contributed by atoms with Crippen molar-refractivity contribution in [2.75, 3.05) is 0 Å². The Hall–Kier alpha value is -0.218. The van der Waals surface area contributed by atoms with Gasteiger partial charge in [-0.2, -0.15) is 21.0 Å². The molecule has 0 aromatic heterocycles. The SMILES string of the molecule is CC#N.CC#N.CC#N.CC#N.[Cl-].[Cl-].[Cl-].[Cl-].[Re]. The Kier molecular flexibility index (Phi) is 979. The molecule has 1 radical (unpaired) electrons. The van der Waals surface area contributed by atoms with Gasteiger partial charge in [0.2, 0.25) is 0 Å². The molecule has 9 heteroatoms. The minimum absolute atomic E-state index is 0. The topological polar surface area (TPSA) is 95.2 Å². The summed E-state index contributed by atoms with van der Waals surface area (Å²) in [6.45, 7) is 5.72. The van der Waals surface area contributed by atoms with Crippen LogP contribution in [0, 0.1) is 45.3 Å². The summed E-state index contributed by atoms with van der Waals surface area (Å²) in [4.78, 5) is 0. The fourth-order valence-electron chi connectivity index (χ4n) is 0. The summed E-state index contributed by atoms with van der Waals surface area (Å²) in [5.74, 6) is 0. The van der Waals surface area contributed by atoms with Gasteiger partial charge in [0.15, 0.2) is 0 Å². The van der Waals surface area contributed by atoms with E-state index in [4.69, 9.17) is 21.0 Å². The van der Waals surface area contributed by atoms with Gasteiger partial charge in [0.05, 0.1) is 24.3 Å². The van der Waals surface area contributed by atoms with Crippen molar-refractivity contribution in [3.63, 3.8) is 0 Å². The Balaban J connectivity index is -0.00000000653. The molecule has 0 aromatic carbocycles. The van der Waals surface area contributed by atoms with Crippen LogP contribution in [0.3, 0.4) is 0 Å². The van der Waals surface area contributed by atoms with Crippen LogP contribution in [-0.4, -0.2) is 0 Å². The summed E-state index contributed by atoms with van der Waals surface area (Å²) in [7, 11) is 0. The second-order valence-electron chi connectivity index (χ2n) is 0.894. The molecular formula is C8H12Cl4N4Re-4. The van der Waals surface area contributed by atoms with Crippen molar-refractivity contribution in [2.45, 2.75) is 27.7 Å². The van der Waals surface area contributed by atoms with Gasteiger partial charge in [0, 0.05) is 48.1 Å². The summed E-state index contributed by atoms with van der Waals surface area (Å²) < 4.78 is 0. The summed E-state index contributed by atoms with van der Waals surface area (Å²) in [6, 6.07) is 7.00. The van der Waals surface area contributed by atoms with Crippen LogP contribution in [0.2, 0.25) is 0 Å². The standard InChI is InChI=1S/4C2H3N.4ClH.Re/c4*1-2-3;;;;;/h4*1H3;4*1H;/p-4. The van der Waals surface area contributed by atoms with Gasteiger partial charge in [-0.1, -0.05) is 0 Å². The molecule has 0 saturated heterocycles. The van der Waals surface area contributed by atoms with Crippen molar-refractivity contribution in [2.24, 2.45) is 0 Å². The second-order valence-corrected chi connectivity index (χ2v) is 0.894. The Morgan fingerprint density at radius 3 is 0.471 bits per heavy atom. The molecule has 0 rings (SSSR count). The third-order valence-electron chi connectivity index (χ3n) is 0. The van der Waals surface area contributed by atoms with Crippen LogP contribution in [0.15, 0.2) is 0 Å². The first-order chi connectivity index (χ1) is 5.66. The largest absolute Gasteiger partial charge is 1.00 e. The molecule has 0 aliphatic heterocycles. The van der Waals surface area contributed by atoms with Gasteiger partial charge in [0.25, 0.3) is 0 Å². The van der Waals surface area contributed by atoms with E-state index in [-0.39, 0.29) is 70.1 Å². The molecule has 0 aromatic rings. The first kappa shape index (κ1) is 69.0. The second kappa shape index (κ2) is 241. The van der Waals surface area contributed by atoms with E-state index in [9.17, 15) is 0 Å². The number of rotatable bonds is 0. The minimum Gasteiger partial charge on any atom is -1.00 e. The molecule has 0 aliphatic rings. The maximum atomic E-state index is 7.32. The van der Waals surface area contributed by atoms with Crippen molar-refractivity contribution >= 4 is 0 Å². The molecule has 0 spiro atoms. The molecule has 0 aliphatic carbocycles. The zero-order valence-electron chi connectivity index (χ0n) is 9.68. The van der Waals surface area contributed by atoms with Gasteiger partial charge >= 0.3 is 0 Å². The van der Waals surface area contributed by atoms with Gasteiger partial charge in [-0.05, 0) is 0 Å². The molecule has 0 unspecified atom stereocenters. The minimum atomic E-state index is 0. The van der Waals surface area contributed by atoms with E-state index in [0.717, 1.165) is 0 Å². The van der Waals surface area contributed by atoms with Crippen LogP contribution in [0.1, 0.15) is 27.7 Å². The molecule has 0 bridgehead atoms. The van der Waals surface area contributed by atoms with Crippen molar-refractivity contribution in [1.29, 1.82) is 21.0 Å². The molecule has 17 heavy (non-hydrogen) atoms. The predicted molar refractivity (Wildman–Crippen MR) is 45.1 cm³/mol. The first-order valence-electron chi connectivity index (χ1n) is 2.89. The maximum Gasteiger partial charge on any atom is 0.0587 e. The van der Waals surface area contributed by atoms with Gasteiger partial charge < -0.3 is 49.6 Å². The first-order valence-corrected chi connectivity index (χ1v) is 2.89. The van der Waals surface area contributed by atoms with Gasteiger partial charge in [-0.3, -0.25) is 0 Å². The van der Waals surface area contributed by atoms with Crippen LogP contribution >= 0.6 is 0 Å². The zero-order chi connectivity index (χ0) is 10.8. The average Bonchev–Trinajstić information content (AvgIpc) is 1.92. The summed E-state index contributed by atoms with van der Waals surface area (Å²) >= 11 is 0. The van der Waals surface area contributed by atoms with E-state index < -0.39 is 0 Å². The fourth-order valence-corrected chi connectivity index (χ4v) is 0. The molecule has 0 amide bonds. The number of nitriles is 4. The van der Waals surface area contributed by atoms with Crippen molar-refractivity contribution in [3.8, 4) is 24.3 Å². The Labute approximate surface area is 142 Å². The quantitative estimate of drug-likeness (QED) is 0.336. The van der Waals surface area contributed by atoms with Gasteiger partial charge in [-0.15, -0.1) is 0 Å². The van der Waals surface area contributed by atoms with Crippen LogP contribution in [0.25, 0.3) is 0 Å². The third-order valence-corrected chi connectivity index (χ3v) is 0. The van der Waals surface area contributed by atoms with E-state index >= 15 is 0 Å². The fraction of sp³-hybridized carbons (Fsp3) is 0.500. The Morgan fingerprint density at radius 1 is 0.471 bits per heavy atom. The van der Waals surface area contributed by atoms with E-state index in [0.29, 0.717) is 0 Å². The van der Waals surface area contributed by atoms with E-state index in [1.807, 2.05) is 0 Å². The molecule has 0 atom stereocenters. The molecule has 0 heterocycles. The number of hydrogen-bond acceptors (Lipinski definition) is 4. The zero-order valence-corrected chi connectivity index (χ0v) is 15.4. The van der Waals surface area contributed by atoms with Gasteiger partial charge in [-0.25, -0.2) is 0 Å². The summed E-state index contributed by atoms with van der Waals surface area (Å²) in [6.07, 6.45) is 0. The van der Waals surface area contributed by atoms with E-state index in [1.165, 1.54) is 27.7 Å². The van der Waals surface area contributed by atoms with Crippen LogP contribution in [-0.2, 0) is 20.4 Å². The number of halogens is 4. The van der Waals surface area contributed by atoms with Crippen LogP contribution in [0.4, 0.5) is 0 Å². The average molecular weight is 492 g/mol. The Morgan fingerprint density at radius 2 is 0.471 bits per heavy atom. The maximum absolute atomic E-state index is 7.32. The summed E-state index contributed by atoms with van der Waals surface area (Å²) in [5, 5.41) is 29.3. The smallest absolute Gasteiger partial charge is 0.0587 e. The van der Waals surface area contributed by atoms with Crippen molar-refractivity contribution < 1.29 is 70.1 Å². The Bertz CT molecular complexity index is 164. The van der Waals surface area contributed by atoms with E-state index in [1.54, 1.807) is 24.3 Å². The molecule has 4 nitrogen and oxygen atoms in total. The third kappa shape index (κ3) is 63300. The summed E-state index contributed by atoms with van der Waals surface area (Å²) in [5.41, 5.74) is 0. The molecule has 0 N–H and O–H groups in total. The monoisotopic (exact) mass is 491 g/mol. The normalized spacial score (nSPS) is 1.88. The molecule has 103 valence electrons. The van der Waals surface area contributed by atoms with Gasteiger partial charge in [0.1, 0.15) is 0 Å². The number of nitrogens with zero attached hydrogens (tertiary/aromatic N) is 4. The molecular weight excluding hydrogens is 480 g/mol. The molecule has 0 saturated carbocycles. The van der Waals surface area contributed by atoms with Crippen molar-refractivity contribution in [3.05, 3.63) is 0 Å².